The Morgan fingerprint density at radius 2 is 1.91 bits per heavy atom. The lowest BCUT2D eigenvalue weighted by Crippen LogP contribution is -2.46. The van der Waals surface area contributed by atoms with Gasteiger partial charge >= 0.3 is 0 Å². The Kier molecular flexibility index (Phi) is 6.03. The number of nitrogens with one attached hydrogen (secondary N) is 2. The van der Waals surface area contributed by atoms with Crippen LogP contribution < -0.4 is 15.4 Å². The van der Waals surface area contributed by atoms with Gasteiger partial charge in [-0.15, -0.1) is 0 Å². The predicted octanol–water partition coefficient (Wildman–Crippen LogP) is 4.31. The first kappa shape index (κ1) is 21.5. The van der Waals surface area contributed by atoms with Gasteiger partial charge in [0.05, 0.1) is 24.1 Å². The van der Waals surface area contributed by atoms with Crippen molar-refractivity contribution >= 4 is 29.5 Å². The van der Waals surface area contributed by atoms with Crippen LogP contribution >= 0.6 is 11.6 Å². The molecule has 7 heteroatoms. The zero-order chi connectivity index (χ0) is 22.8. The smallest absolute Gasteiger partial charge is 0.246 e. The highest BCUT2D eigenvalue weighted by Crippen LogP contribution is 2.32. The second-order valence-corrected chi connectivity index (χ2v) is 8.76. The Morgan fingerprint density at radius 3 is 2.70 bits per heavy atom. The molecule has 1 atom stereocenters. The van der Waals surface area contributed by atoms with E-state index >= 15 is 0 Å². The van der Waals surface area contributed by atoms with Gasteiger partial charge < -0.3 is 20.1 Å². The number of carbonyl (C=O) groups is 2. The molecule has 1 aliphatic carbocycles. The van der Waals surface area contributed by atoms with E-state index in [1.54, 1.807) is 6.07 Å². The van der Waals surface area contributed by atoms with Gasteiger partial charge in [-0.3, -0.25) is 9.59 Å². The molecule has 2 heterocycles. The van der Waals surface area contributed by atoms with Gasteiger partial charge in [0.1, 0.15) is 18.1 Å². The van der Waals surface area contributed by atoms with E-state index in [0.29, 0.717) is 36.0 Å². The van der Waals surface area contributed by atoms with E-state index in [1.807, 2.05) is 48.6 Å². The summed E-state index contributed by atoms with van der Waals surface area (Å²) in [5.74, 6) is 1.32. The minimum atomic E-state index is -0.0748. The van der Waals surface area contributed by atoms with E-state index in [9.17, 15) is 9.59 Å². The Bertz CT molecular complexity index is 1200. The van der Waals surface area contributed by atoms with Crippen molar-refractivity contribution in [3.05, 3.63) is 87.6 Å². The van der Waals surface area contributed by atoms with E-state index in [4.69, 9.17) is 21.1 Å². The Morgan fingerprint density at radius 1 is 1.09 bits per heavy atom. The first-order valence-corrected chi connectivity index (χ1v) is 11.2. The topological polar surface area (TPSA) is 76.7 Å². The standard InChI is InChI=1S/C26H23ClN2O4/c27-23-13-22(7-4-18(23)9-17-3-8-24-19(10-17)12-25(30)29-24)33-21-5-1-16(2-6-21)11-20-14-32-15-26(31)28-20/h1-2,4-10,13,20H,3,11-12,14-15H2,(H,28,31)(H,29,30)/b17-9+. The van der Waals surface area contributed by atoms with Crippen LogP contribution in [0.3, 0.4) is 0 Å². The van der Waals surface area contributed by atoms with Gasteiger partial charge in [-0.2, -0.15) is 0 Å². The Labute approximate surface area is 196 Å². The first-order chi connectivity index (χ1) is 16.0. The molecule has 2 aromatic rings. The number of amides is 2. The number of benzene rings is 2. The summed E-state index contributed by atoms with van der Waals surface area (Å²) in [6.07, 6.45) is 8.01. The summed E-state index contributed by atoms with van der Waals surface area (Å²) in [6.45, 7) is 0.657. The normalized spacial score (nSPS) is 21.1. The van der Waals surface area contributed by atoms with Gasteiger partial charge in [-0.05, 0) is 71.5 Å². The molecule has 0 spiro atoms. The van der Waals surface area contributed by atoms with Crippen molar-refractivity contribution in [1.82, 2.24) is 10.6 Å². The van der Waals surface area contributed by atoms with Crippen LogP contribution in [0.1, 0.15) is 24.0 Å². The lowest BCUT2D eigenvalue weighted by atomic mass is 9.97. The molecule has 1 unspecified atom stereocenters. The zero-order valence-electron chi connectivity index (χ0n) is 17.9. The molecule has 0 bridgehead atoms. The molecule has 2 amide bonds. The summed E-state index contributed by atoms with van der Waals surface area (Å²) in [7, 11) is 0. The fraction of sp³-hybridized carbons (Fsp3) is 0.231. The Balaban J connectivity index is 1.23. The minimum absolute atomic E-state index is 0.00852. The van der Waals surface area contributed by atoms with Crippen LogP contribution in [0.25, 0.3) is 6.08 Å². The number of hydrogen-bond donors (Lipinski definition) is 2. The molecule has 2 fully saturated rings. The van der Waals surface area contributed by atoms with Crippen molar-refractivity contribution in [2.75, 3.05) is 13.2 Å². The summed E-state index contributed by atoms with van der Waals surface area (Å²) in [6, 6.07) is 13.4. The molecule has 5 rings (SSSR count). The van der Waals surface area contributed by atoms with Gasteiger partial charge in [0, 0.05) is 5.70 Å². The third-order valence-corrected chi connectivity index (χ3v) is 6.07. The van der Waals surface area contributed by atoms with Crippen LogP contribution in [0.4, 0.5) is 0 Å². The van der Waals surface area contributed by atoms with E-state index < -0.39 is 0 Å². The van der Waals surface area contributed by atoms with Crippen molar-refractivity contribution in [2.45, 2.75) is 25.3 Å². The highest BCUT2D eigenvalue weighted by Gasteiger charge is 2.23. The van der Waals surface area contributed by atoms with Crippen LogP contribution in [-0.2, 0) is 20.7 Å². The molecule has 6 nitrogen and oxygen atoms in total. The molecule has 2 aliphatic heterocycles. The fourth-order valence-electron chi connectivity index (χ4n) is 4.17. The lowest BCUT2D eigenvalue weighted by molar-refractivity contribution is -0.131. The summed E-state index contributed by atoms with van der Waals surface area (Å²) in [5.41, 5.74) is 5.05. The maximum atomic E-state index is 11.6. The fourth-order valence-corrected chi connectivity index (χ4v) is 4.40. The number of morpholine rings is 1. The zero-order valence-corrected chi connectivity index (χ0v) is 18.7. The number of rotatable bonds is 5. The number of fused-ring (bicyclic) bond motifs is 1. The number of allylic oxidation sites excluding steroid dienone is 4. The molecule has 0 radical (unpaired) electrons. The summed E-state index contributed by atoms with van der Waals surface area (Å²) < 4.78 is 11.3. The van der Waals surface area contributed by atoms with Crippen molar-refractivity contribution < 1.29 is 19.1 Å². The third-order valence-electron chi connectivity index (χ3n) is 5.74. The van der Waals surface area contributed by atoms with Crippen LogP contribution in [0.2, 0.25) is 5.02 Å². The number of carbonyl (C=O) groups excluding carboxylic acids is 2. The van der Waals surface area contributed by atoms with Crippen LogP contribution in [0.5, 0.6) is 11.5 Å². The summed E-state index contributed by atoms with van der Waals surface area (Å²) >= 11 is 6.52. The molecule has 2 saturated heterocycles. The number of hydrogen-bond acceptors (Lipinski definition) is 4. The van der Waals surface area contributed by atoms with E-state index in [0.717, 1.165) is 34.4 Å². The molecule has 2 N–H and O–H groups in total. The predicted molar refractivity (Wildman–Crippen MR) is 126 cm³/mol. The highest BCUT2D eigenvalue weighted by atomic mass is 35.5. The summed E-state index contributed by atoms with van der Waals surface area (Å²) in [4.78, 5) is 23.0. The van der Waals surface area contributed by atoms with Gasteiger partial charge in [-0.1, -0.05) is 35.9 Å². The second-order valence-electron chi connectivity index (χ2n) is 8.35. The van der Waals surface area contributed by atoms with Crippen molar-refractivity contribution in [2.24, 2.45) is 0 Å². The minimum Gasteiger partial charge on any atom is -0.457 e. The molecule has 3 aliphatic rings. The Hall–Kier alpha value is -3.35. The van der Waals surface area contributed by atoms with E-state index in [-0.39, 0.29) is 24.5 Å². The number of ether oxygens (including phenoxy) is 2. The molecule has 33 heavy (non-hydrogen) atoms. The summed E-state index contributed by atoms with van der Waals surface area (Å²) in [5, 5.41) is 6.40. The lowest BCUT2D eigenvalue weighted by Gasteiger charge is -2.23. The second kappa shape index (κ2) is 9.25. The van der Waals surface area contributed by atoms with Crippen LogP contribution in [-0.4, -0.2) is 31.1 Å². The monoisotopic (exact) mass is 462 g/mol. The van der Waals surface area contributed by atoms with Gasteiger partial charge in [-0.25, -0.2) is 0 Å². The largest absolute Gasteiger partial charge is 0.457 e. The average molecular weight is 463 g/mol. The quantitative estimate of drug-likeness (QED) is 0.694. The molecular formula is C26H23ClN2O4. The SMILES string of the molecule is O=C1CC2=C/C(=C/c3ccc(Oc4ccc(CC5COCC(=O)N5)cc4)cc3Cl)CC=C2N1. The average Bonchev–Trinajstić information content (AvgIpc) is 3.16. The first-order valence-electron chi connectivity index (χ1n) is 10.9. The maximum absolute atomic E-state index is 11.6. The third kappa shape index (κ3) is 5.18. The molecule has 2 aromatic carbocycles. The molecule has 168 valence electrons. The van der Waals surface area contributed by atoms with Crippen molar-refractivity contribution in [3.63, 3.8) is 0 Å². The van der Waals surface area contributed by atoms with Gasteiger partial charge in [0.2, 0.25) is 11.8 Å². The van der Waals surface area contributed by atoms with Crippen molar-refractivity contribution in [1.29, 1.82) is 0 Å². The van der Waals surface area contributed by atoms with Crippen LogP contribution in [0, 0.1) is 0 Å². The number of halogens is 1. The van der Waals surface area contributed by atoms with Gasteiger partial charge in [0.15, 0.2) is 0 Å². The molecular weight excluding hydrogens is 440 g/mol. The van der Waals surface area contributed by atoms with E-state index in [2.05, 4.69) is 16.7 Å². The van der Waals surface area contributed by atoms with Gasteiger partial charge in [0.25, 0.3) is 0 Å². The van der Waals surface area contributed by atoms with Crippen molar-refractivity contribution in [3.8, 4) is 11.5 Å². The van der Waals surface area contributed by atoms with Crippen LogP contribution in [0.15, 0.2) is 71.5 Å². The maximum Gasteiger partial charge on any atom is 0.246 e. The molecule has 0 aromatic heterocycles. The van der Waals surface area contributed by atoms with E-state index in [1.165, 1.54) is 0 Å². The highest BCUT2D eigenvalue weighted by molar-refractivity contribution is 6.32. The molecule has 0 saturated carbocycles.